The number of H-pyrrole nitrogens is 1. The van der Waals surface area contributed by atoms with E-state index in [1.54, 1.807) is 0 Å². The molecule has 0 fully saturated rings. The summed E-state index contributed by atoms with van der Waals surface area (Å²) < 4.78 is 18.8. The number of aromatic amines is 1. The van der Waals surface area contributed by atoms with Crippen LogP contribution in [0.4, 0.5) is 4.39 Å². The maximum absolute atomic E-state index is 13.7. The van der Waals surface area contributed by atoms with Crippen molar-refractivity contribution in [1.82, 2.24) is 19.9 Å². The zero-order valence-corrected chi connectivity index (χ0v) is 10.4. The van der Waals surface area contributed by atoms with Crippen molar-refractivity contribution < 1.29 is 9.13 Å². The van der Waals surface area contributed by atoms with Gasteiger partial charge in [0.05, 0.1) is 19.5 Å². The summed E-state index contributed by atoms with van der Waals surface area (Å²) in [6.45, 7) is 0. The fourth-order valence-electron chi connectivity index (χ4n) is 1.89. The number of rotatable bonds is 2. The molecular weight excluding hydrogens is 263 g/mol. The maximum atomic E-state index is 13.7. The van der Waals surface area contributed by atoms with Crippen molar-refractivity contribution in [1.29, 1.82) is 0 Å². The molecule has 1 N–H and O–H groups in total. The van der Waals surface area contributed by atoms with E-state index < -0.39 is 11.4 Å². The van der Waals surface area contributed by atoms with Gasteiger partial charge in [-0.25, -0.2) is 14.4 Å². The molecule has 3 aromatic rings. The summed E-state index contributed by atoms with van der Waals surface area (Å²) in [4.78, 5) is 26.6. The molecule has 3 rings (SSSR count). The molecule has 0 spiro atoms. The SMILES string of the molecule is COc1cncc2nc(-c3ncccc3F)[nH]c(=O)c12. The lowest BCUT2D eigenvalue weighted by atomic mass is 10.2. The van der Waals surface area contributed by atoms with Gasteiger partial charge in [0.25, 0.3) is 5.56 Å². The predicted molar refractivity (Wildman–Crippen MR) is 69.9 cm³/mol. The van der Waals surface area contributed by atoms with Crippen LogP contribution in [0.15, 0.2) is 35.5 Å². The molecule has 0 radical (unpaired) electrons. The lowest BCUT2D eigenvalue weighted by molar-refractivity contribution is 0.417. The minimum absolute atomic E-state index is 0.0191. The molecule has 0 aliphatic rings. The lowest BCUT2D eigenvalue weighted by Crippen LogP contribution is -2.12. The fraction of sp³-hybridized carbons (Fsp3) is 0.0769. The topological polar surface area (TPSA) is 80.8 Å². The first-order valence-corrected chi connectivity index (χ1v) is 5.73. The highest BCUT2D eigenvalue weighted by Gasteiger charge is 2.13. The van der Waals surface area contributed by atoms with E-state index in [9.17, 15) is 9.18 Å². The van der Waals surface area contributed by atoms with Crippen molar-refractivity contribution in [3.63, 3.8) is 0 Å². The van der Waals surface area contributed by atoms with E-state index in [1.165, 1.54) is 37.8 Å². The Labute approximate surface area is 112 Å². The van der Waals surface area contributed by atoms with Crippen molar-refractivity contribution in [2.45, 2.75) is 0 Å². The van der Waals surface area contributed by atoms with Gasteiger partial charge in [-0.05, 0) is 12.1 Å². The molecule has 0 bridgehead atoms. The smallest absolute Gasteiger partial charge is 0.262 e. The molecule has 0 saturated carbocycles. The monoisotopic (exact) mass is 272 g/mol. The molecule has 0 aromatic carbocycles. The zero-order valence-electron chi connectivity index (χ0n) is 10.4. The van der Waals surface area contributed by atoms with Gasteiger partial charge in [0.2, 0.25) is 0 Å². The van der Waals surface area contributed by atoms with Crippen molar-refractivity contribution >= 4 is 10.9 Å². The van der Waals surface area contributed by atoms with Gasteiger partial charge in [-0.15, -0.1) is 0 Å². The summed E-state index contributed by atoms with van der Waals surface area (Å²) in [5.74, 6) is -0.203. The summed E-state index contributed by atoms with van der Waals surface area (Å²) in [7, 11) is 1.43. The van der Waals surface area contributed by atoms with Crippen molar-refractivity contribution in [2.75, 3.05) is 7.11 Å². The Balaban J connectivity index is 2.32. The highest BCUT2D eigenvalue weighted by Crippen LogP contribution is 2.21. The minimum atomic E-state index is -0.564. The highest BCUT2D eigenvalue weighted by atomic mass is 19.1. The first-order valence-electron chi connectivity index (χ1n) is 5.73. The second-order valence-corrected chi connectivity index (χ2v) is 3.98. The van der Waals surface area contributed by atoms with Crippen LogP contribution in [-0.2, 0) is 0 Å². The third kappa shape index (κ3) is 1.89. The third-order valence-electron chi connectivity index (χ3n) is 2.79. The molecule has 0 saturated heterocycles. The first kappa shape index (κ1) is 12.2. The van der Waals surface area contributed by atoms with E-state index in [0.29, 0.717) is 11.3 Å². The summed E-state index contributed by atoms with van der Waals surface area (Å²) >= 11 is 0. The van der Waals surface area contributed by atoms with Crippen molar-refractivity contribution in [2.24, 2.45) is 0 Å². The van der Waals surface area contributed by atoms with Gasteiger partial charge in [-0.3, -0.25) is 9.78 Å². The Bertz CT molecular complexity index is 847. The van der Waals surface area contributed by atoms with Crippen LogP contribution in [0.2, 0.25) is 0 Å². The van der Waals surface area contributed by atoms with E-state index in [0.717, 1.165) is 0 Å². The van der Waals surface area contributed by atoms with Crippen LogP contribution >= 0.6 is 0 Å². The Kier molecular flexibility index (Phi) is 2.86. The van der Waals surface area contributed by atoms with Gasteiger partial charge in [-0.2, -0.15) is 0 Å². The van der Waals surface area contributed by atoms with Gasteiger partial charge in [0.1, 0.15) is 16.6 Å². The van der Waals surface area contributed by atoms with Gasteiger partial charge in [0.15, 0.2) is 17.4 Å². The largest absolute Gasteiger partial charge is 0.494 e. The molecular formula is C13H9FN4O2. The molecule has 20 heavy (non-hydrogen) atoms. The van der Waals surface area contributed by atoms with E-state index in [-0.39, 0.29) is 16.9 Å². The molecule has 7 heteroatoms. The van der Waals surface area contributed by atoms with Crippen LogP contribution in [0.3, 0.4) is 0 Å². The van der Waals surface area contributed by atoms with Crippen LogP contribution in [-0.4, -0.2) is 27.0 Å². The number of hydrogen-bond donors (Lipinski definition) is 1. The number of aromatic nitrogens is 4. The minimum Gasteiger partial charge on any atom is -0.494 e. The van der Waals surface area contributed by atoms with Crippen LogP contribution < -0.4 is 10.3 Å². The van der Waals surface area contributed by atoms with Crippen LogP contribution in [0.25, 0.3) is 22.4 Å². The van der Waals surface area contributed by atoms with Crippen molar-refractivity contribution in [3.05, 3.63) is 46.9 Å². The standard InChI is InChI=1S/C13H9FN4O2/c1-20-9-6-15-5-8-10(9)13(19)18-12(17-8)11-7(14)3-2-4-16-11/h2-6H,1H3,(H,17,18,19). The summed E-state index contributed by atoms with van der Waals surface area (Å²) in [6, 6.07) is 2.71. The fourth-order valence-corrected chi connectivity index (χ4v) is 1.89. The number of fused-ring (bicyclic) bond motifs is 1. The van der Waals surface area contributed by atoms with E-state index in [4.69, 9.17) is 4.74 Å². The first-order chi connectivity index (χ1) is 9.70. The maximum Gasteiger partial charge on any atom is 0.262 e. The predicted octanol–water partition coefficient (Wildman–Crippen LogP) is 1.53. The third-order valence-corrected chi connectivity index (χ3v) is 2.79. The Morgan fingerprint density at radius 3 is 2.95 bits per heavy atom. The normalized spacial score (nSPS) is 10.7. The molecule has 100 valence electrons. The molecule has 0 unspecified atom stereocenters. The number of halogens is 1. The summed E-state index contributed by atoms with van der Waals surface area (Å²) in [5.41, 5.74) is -0.142. The summed E-state index contributed by atoms with van der Waals surface area (Å²) in [5, 5.41) is 0.266. The van der Waals surface area contributed by atoms with E-state index >= 15 is 0 Å². The van der Waals surface area contributed by atoms with Crippen molar-refractivity contribution in [3.8, 4) is 17.3 Å². The second-order valence-electron chi connectivity index (χ2n) is 3.98. The molecule has 0 aliphatic carbocycles. The Morgan fingerprint density at radius 1 is 1.35 bits per heavy atom. The molecule has 0 amide bonds. The van der Waals surface area contributed by atoms with Gasteiger partial charge < -0.3 is 9.72 Å². The van der Waals surface area contributed by atoms with Crippen LogP contribution in [0, 0.1) is 5.82 Å². The average molecular weight is 272 g/mol. The average Bonchev–Trinajstić information content (AvgIpc) is 2.46. The van der Waals surface area contributed by atoms with Crippen LogP contribution in [0.1, 0.15) is 0 Å². The number of methoxy groups -OCH3 is 1. The molecule has 3 heterocycles. The van der Waals surface area contributed by atoms with Crippen LogP contribution in [0.5, 0.6) is 5.75 Å². The number of nitrogens with zero attached hydrogens (tertiary/aromatic N) is 3. The molecule has 0 aliphatic heterocycles. The summed E-state index contributed by atoms with van der Waals surface area (Å²) in [6.07, 6.45) is 4.25. The number of hydrogen-bond acceptors (Lipinski definition) is 5. The number of ether oxygens (including phenoxy) is 1. The van der Waals surface area contributed by atoms with Gasteiger partial charge >= 0.3 is 0 Å². The number of nitrogens with one attached hydrogen (secondary N) is 1. The molecule has 3 aromatic heterocycles. The van der Waals surface area contributed by atoms with E-state index in [2.05, 4.69) is 19.9 Å². The highest BCUT2D eigenvalue weighted by molar-refractivity contribution is 5.84. The lowest BCUT2D eigenvalue weighted by Gasteiger charge is -2.05. The zero-order chi connectivity index (χ0) is 14.1. The van der Waals surface area contributed by atoms with Gasteiger partial charge in [0, 0.05) is 6.20 Å². The molecule has 0 atom stereocenters. The Hall–Kier alpha value is -2.83. The van der Waals surface area contributed by atoms with E-state index in [1.807, 2.05) is 0 Å². The quantitative estimate of drug-likeness (QED) is 0.765. The second kappa shape index (κ2) is 4.69. The Morgan fingerprint density at radius 2 is 2.20 bits per heavy atom. The number of pyridine rings is 2. The molecule has 6 nitrogen and oxygen atoms in total. The van der Waals surface area contributed by atoms with Gasteiger partial charge in [-0.1, -0.05) is 0 Å².